The van der Waals surface area contributed by atoms with Gasteiger partial charge in [-0.15, -0.1) is 0 Å². The van der Waals surface area contributed by atoms with Crippen molar-refractivity contribution in [2.75, 3.05) is 6.61 Å². The highest BCUT2D eigenvalue weighted by atomic mass is 79.9. The topological polar surface area (TPSA) is 42.1 Å². The number of ether oxygens (including phenoxy) is 1. The predicted octanol–water partition coefficient (Wildman–Crippen LogP) is 3.08. The average Bonchev–Trinajstić information content (AvgIpc) is 2.31. The first kappa shape index (κ1) is 11.2. The fourth-order valence-electron chi connectivity index (χ4n) is 1.48. The highest BCUT2D eigenvalue weighted by molar-refractivity contribution is 9.10. The summed E-state index contributed by atoms with van der Waals surface area (Å²) in [6.07, 6.45) is 2.60. The van der Waals surface area contributed by atoms with E-state index < -0.39 is 0 Å². The third-order valence-corrected chi connectivity index (χ3v) is 2.87. The van der Waals surface area contributed by atoms with Crippen LogP contribution in [0.3, 0.4) is 0 Å². The number of H-pyrrole nitrogens is 1. The summed E-state index contributed by atoms with van der Waals surface area (Å²) in [6.45, 7) is 2.71. The normalized spacial score (nSPS) is 10.6. The Morgan fingerprint density at radius 2 is 2.25 bits per heavy atom. The summed E-state index contributed by atoms with van der Waals surface area (Å²) in [6, 6.07) is 5.49. The summed E-state index contributed by atoms with van der Waals surface area (Å²) in [5.41, 5.74) is 0.799. The van der Waals surface area contributed by atoms with Gasteiger partial charge < -0.3 is 9.72 Å². The molecule has 16 heavy (non-hydrogen) atoms. The van der Waals surface area contributed by atoms with E-state index >= 15 is 0 Å². The van der Waals surface area contributed by atoms with E-state index in [0.29, 0.717) is 16.5 Å². The molecule has 2 rings (SSSR count). The minimum atomic E-state index is -0.0179. The Kier molecular flexibility index (Phi) is 3.29. The van der Waals surface area contributed by atoms with E-state index in [9.17, 15) is 4.79 Å². The van der Waals surface area contributed by atoms with Crippen LogP contribution in [0.15, 0.2) is 33.7 Å². The van der Waals surface area contributed by atoms with Crippen molar-refractivity contribution < 1.29 is 4.74 Å². The van der Waals surface area contributed by atoms with Crippen LogP contribution in [0, 0.1) is 0 Å². The zero-order chi connectivity index (χ0) is 11.5. The summed E-state index contributed by atoms with van der Waals surface area (Å²) in [7, 11) is 0. The van der Waals surface area contributed by atoms with E-state index in [0.717, 1.165) is 17.7 Å². The minimum absolute atomic E-state index is 0.0179. The van der Waals surface area contributed by atoms with Gasteiger partial charge in [-0.3, -0.25) is 4.79 Å². The third-order valence-electron chi connectivity index (χ3n) is 2.28. The molecule has 84 valence electrons. The van der Waals surface area contributed by atoms with Crippen LogP contribution in [-0.2, 0) is 0 Å². The monoisotopic (exact) mass is 281 g/mol. The number of nitrogens with one attached hydrogen (secondary N) is 1. The van der Waals surface area contributed by atoms with Gasteiger partial charge in [-0.05, 0) is 40.5 Å². The quantitative estimate of drug-likeness (QED) is 0.940. The lowest BCUT2D eigenvalue weighted by Crippen LogP contribution is -2.04. The molecule has 0 aliphatic rings. The molecular formula is C12H12BrNO2. The summed E-state index contributed by atoms with van der Waals surface area (Å²) in [5, 5.41) is 0.642. The minimum Gasteiger partial charge on any atom is -0.494 e. The van der Waals surface area contributed by atoms with Crippen molar-refractivity contribution in [2.24, 2.45) is 0 Å². The van der Waals surface area contributed by atoms with E-state index in [-0.39, 0.29) is 5.43 Å². The summed E-state index contributed by atoms with van der Waals surface area (Å²) >= 11 is 3.21. The number of pyridine rings is 1. The van der Waals surface area contributed by atoms with Crippen LogP contribution < -0.4 is 10.2 Å². The van der Waals surface area contributed by atoms with Crippen LogP contribution in [0.25, 0.3) is 10.9 Å². The fourth-order valence-corrected chi connectivity index (χ4v) is 1.81. The van der Waals surface area contributed by atoms with Gasteiger partial charge in [-0.2, -0.15) is 0 Å². The van der Waals surface area contributed by atoms with E-state index in [1.54, 1.807) is 12.3 Å². The van der Waals surface area contributed by atoms with Gasteiger partial charge in [0.25, 0.3) is 0 Å². The molecule has 0 bridgehead atoms. The standard InChI is InChI=1S/C12H12BrNO2/c1-2-5-16-8-3-4-11-9(6-8)12(15)10(13)7-14-11/h3-4,6-7H,2,5H2,1H3,(H,14,15). The lowest BCUT2D eigenvalue weighted by Gasteiger charge is -2.05. The molecule has 0 atom stereocenters. The third kappa shape index (κ3) is 2.11. The first-order valence-electron chi connectivity index (χ1n) is 5.16. The maximum Gasteiger partial charge on any atom is 0.203 e. The van der Waals surface area contributed by atoms with Crippen molar-refractivity contribution in [3.8, 4) is 5.75 Å². The van der Waals surface area contributed by atoms with Crippen molar-refractivity contribution in [2.45, 2.75) is 13.3 Å². The molecule has 0 saturated heterocycles. The van der Waals surface area contributed by atoms with Crippen LogP contribution >= 0.6 is 15.9 Å². The Morgan fingerprint density at radius 3 is 3.00 bits per heavy atom. The molecule has 0 spiro atoms. The molecule has 0 saturated carbocycles. The van der Waals surface area contributed by atoms with Crippen LogP contribution in [0.1, 0.15) is 13.3 Å². The Labute approximate surface area is 102 Å². The maximum absolute atomic E-state index is 11.8. The molecule has 2 aromatic rings. The van der Waals surface area contributed by atoms with Gasteiger partial charge in [0.1, 0.15) is 5.75 Å². The molecule has 0 radical (unpaired) electrons. The van der Waals surface area contributed by atoms with Crippen LogP contribution in [0.2, 0.25) is 0 Å². The molecule has 0 fully saturated rings. The van der Waals surface area contributed by atoms with Crippen molar-refractivity contribution in [3.05, 3.63) is 39.1 Å². The summed E-state index contributed by atoms with van der Waals surface area (Å²) in [4.78, 5) is 14.9. The smallest absolute Gasteiger partial charge is 0.203 e. The first-order valence-corrected chi connectivity index (χ1v) is 5.95. The van der Waals surface area contributed by atoms with Crippen molar-refractivity contribution in [1.29, 1.82) is 0 Å². The molecule has 4 heteroatoms. The highest BCUT2D eigenvalue weighted by Crippen LogP contribution is 2.18. The molecule has 1 aromatic carbocycles. The Hall–Kier alpha value is -1.29. The van der Waals surface area contributed by atoms with Gasteiger partial charge in [0.05, 0.1) is 16.5 Å². The Morgan fingerprint density at radius 1 is 1.44 bits per heavy atom. The van der Waals surface area contributed by atoms with Gasteiger partial charge >= 0.3 is 0 Å². The van der Waals surface area contributed by atoms with E-state index in [1.165, 1.54) is 0 Å². The number of hydrogen-bond acceptors (Lipinski definition) is 2. The van der Waals surface area contributed by atoms with E-state index in [4.69, 9.17) is 4.74 Å². The average molecular weight is 282 g/mol. The molecule has 3 nitrogen and oxygen atoms in total. The second-order valence-electron chi connectivity index (χ2n) is 3.52. The number of benzene rings is 1. The lowest BCUT2D eigenvalue weighted by atomic mass is 10.2. The van der Waals surface area contributed by atoms with Gasteiger partial charge in [-0.1, -0.05) is 6.92 Å². The predicted molar refractivity (Wildman–Crippen MR) is 68.1 cm³/mol. The molecule has 0 aliphatic carbocycles. The van der Waals surface area contributed by atoms with Crippen LogP contribution in [0.5, 0.6) is 5.75 Å². The second kappa shape index (κ2) is 4.70. The molecule has 0 amide bonds. The summed E-state index contributed by atoms with van der Waals surface area (Å²) in [5.74, 6) is 0.734. The molecule has 0 unspecified atom stereocenters. The number of hydrogen-bond donors (Lipinski definition) is 1. The largest absolute Gasteiger partial charge is 0.494 e. The summed E-state index contributed by atoms with van der Waals surface area (Å²) < 4.78 is 6.02. The van der Waals surface area contributed by atoms with E-state index in [1.807, 2.05) is 19.1 Å². The van der Waals surface area contributed by atoms with Gasteiger partial charge in [0.15, 0.2) is 0 Å². The Bertz CT molecular complexity index is 562. The first-order chi connectivity index (χ1) is 7.72. The zero-order valence-electron chi connectivity index (χ0n) is 8.92. The number of aromatic nitrogens is 1. The zero-order valence-corrected chi connectivity index (χ0v) is 10.5. The van der Waals surface area contributed by atoms with Crippen molar-refractivity contribution in [3.63, 3.8) is 0 Å². The van der Waals surface area contributed by atoms with Crippen molar-refractivity contribution >= 4 is 26.8 Å². The lowest BCUT2D eigenvalue weighted by molar-refractivity contribution is 0.318. The van der Waals surface area contributed by atoms with Crippen molar-refractivity contribution in [1.82, 2.24) is 4.98 Å². The maximum atomic E-state index is 11.8. The van der Waals surface area contributed by atoms with Gasteiger partial charge in [-0.25, -0.2) is 0 Å². The molecule has 0 aliphatic heterocycles. The number of rotatable bonds is 3. The number of halogens is 1. The SMILES string of the molecule is CCCOc1ccc2[nH]cc(Br)c(=O)c2c1. The Balaban J connectivity index is 2.51. The van der Waals surface area contributed by atoms with Crippen LogP contribution in [0.4, 0.5) is 0 Å². The molecule has 1 aromatic heterocycles. The number of fused-ring (bicyclic) bond motifs is 1. The second-order valence-corrected chi connectivity index (χ2v) is 4.38. The molecular weight excluding hydrogens is 270 g/mol. The van der Waals surface area contributed by atoms with E-state index in [2.05, 4.69) is 20.9 Å². The van der Waals surface area contributed by atoms with Crippen LogP contribution in [-0.4, -0.2) is 11.6 Å². The fraction of sp³-hybridized carbons (Fsp3) is 0.250. The molecule has 1 heterocycles. The number of aromatic amines is 1. The highest BCUT2D eigenvalue weighted by Gasteiger charge is 2.04. The van der Waals surface area contributed by atoms with Gasteiger partial charge in [0.2, 0.25) is 5.43 Å². The molecule has 1 N–H and O–H groups in total. The van der Waals surface area contributed by atoms with Gasteiger partial charge in [0, 0.05) is 11.7 Å².